The Hall–Kier alpha value is -5.40. The SMILES string of the molecule is CC1CC=CC=C1c1cccc(-c2c3ccccc3c(-c3cccc4oc5c6ccccc6ccc5c34)c3ccccc23)c1. The Kier molecular flexibility index (Phi) is 5.61. The highest BCUT2D eigenvalue weighted by atomic mass is 16.3. The van der Waals surface area contributed by atoms with Crippen molar-refractivity contribution in [3.05, 3.63) is 151 Å². The quantitative estimate of drug-likeness (QED) is 0.195. The molecule has 0 saturated carbocycles. The van der Waals surface area contributed by atoms with E-state index in [4.69, 9.17) is 4.42 Å². The summed E-state index contributed by atoms with van der Waals surface area (Å²) in [6.45, 7) is 2.32. The van der Waals surface area contributed by atoms with Crippen LogP contribution in [0.3, 0.4) is 0 Å². The third-order valence-corrected chi connectivity index (χ3v) is 9.51. The molecule has 0 N–H and O–H groups in total. The predicted molar refractivity (Wildman–Crippen MR) is 188 cm³/mol. The lowest BCUT2D eigenvalue weighted by Gasteiger charge is -2.20. The summed E-state index contributed by atoms with van der Waals surface area (Å²) in [6.07, 6.45) is 7.83. The van der Waals surface area contributed by atoms with E-state index < -0.39 is 0 Å². The van der Waals surface area contributed by atoms with Gasteiger partial charge in [0.2, 0.25) is 0 Å². The maximum Gasteiger partial charge on any atom is 0.143 e. The molecule has 0 radical (unpaired) electrons. The molecule has 0 fully saturated rings. The van der Waals surface area contributed by atoms with Gasteiger partial charge in [0.1, 0.15) is 11.2 Å². The number of furan rings is 1. The normalized spacial score (nSPS) is 15.1. The lowest BCUT2D eigenvalue weighted by Crippen LogP contribution is -2.00. The molecule has 0 saturated heterocycles. The van der Waals surface area contributed by atoms with Gasteiger partial charge in [-0.2, -0.15) is 0 Å². The summed E-state index contributed by atoms with van der Waals surface area (Å²) in [5.74, 6) is 0.508. The molecule has 1 unspecified atom stereocenters. The van der Waals surface area contributed by atoms with Crippen LogP contribution in [-0.2, 0) is 0 Å². The fraction of sp³-hybridized carbons (Fsp3) is 0.0698. The van der Waals surface area contributed by atoms with E-state index in [9.17, 15) is 0 Å². The summed E-state index contributed by atoms with van der Waals surface area (Å²) in [5, 5.41) is 9.70. The Morgan fingerprint density at radius 1 is 0.568 bits per heavy atom. The van der Waals surface area contributed by atoms with Crippen molar-refractivity contribution < 1.29 is 4.42 Å². The molecular weight excluding hydrogens is 532 g/mol. The van der Waals surface area contributed by atoms with Crippen LogP contribution in [0.1, 0.15) is 18.9 Å². The van der Waals surface area contributed by atoms with Gasteiger partial charge in [-0.25, -0.2) is 0 Å². The van der Waals surface area contributed by atoms with Crippen LogP contribution in [0.2, 0.25) is 0 Å². The molecule has 0 spiro atoms. The minimum atomic E-state index is 0.508. The second-order valence-electron chi connectivity index (χ2n) is 12.1. The molecule has 0 aliphatic heterocycles. The average molecular weight is 563 g/mol. The molecule has 1 aliphatic rings. The zero-order valence-corrected chi connectivity index (χ0v) is 24.5. The lowest BCUT2D eigenvalue weighted by molar-refractivity contribution is 0.673. The number of hydrogen-bond donors (Lipinski definition) is 0. The molecule has 1 heterocycles. The summed E-state index contributed by atoms with van der Waals surface area (Å²) in [7, 11) is 0. The Morgan fingerprint density at radius 2 is 1.23 bits per heavy atom. The van der Waals surface area contributed by atoms with Gasteiger partial charge in [0, 0.05) is 16.2 Å². The third-order valence-electron chi connectivity index (χ3n) is 9.51. The first-order valence-corrected chi connectivity index (χ1v) is 15.5. The Bertz CT molecular complexity index is 2430. The molecule has 1 nitrogen and oxygen atoms in total. The van der Waals surface area contributed by atoms with Gasteiger partial charge >= 0.3 is 0 Å². The van der Waals surface area contributed by atoms with E-state index in [1.165, 1.54) is 65.7 Å². The molecule has 8 aromatic rings. The van der Waals surface area contributed by atoms with Crippen LogP contribution in [0.4, 0.5) is 0 Å². The van der Waals surface area contributed by atoms with E-state index in [-0.39, 0.29) is 0 Å². The Morgan fingerprint density at radius 3 is 1.98 bits per heavy atom. The van der Waals surface area contributed by atoms with Crippen molar-refractivity contribution in [3.63, 3.8) is 0 Å². The van der Waals surface area contributed by atoms with Gasteiger partial charge in [-0.3, -0.25) is 0 Å². The lowest BCUT2D eigenvalue weighted by atomic mass is 9.83. The first kappa shape index (κ1) is 25.1. The minimum Gasteiger partial charge on any atom is -0.455 e. The maximum absolute atomic E-state index is 6.61. The van der Waals surface area contributed by atoms with Gasteiger partial charge in [0.15, 0.2) is 0 Å². The molecule has 1 heteroatoms. The molecule has 1 aliphatic carbocycles. The summed E-state index contributed by atoms with van der Waals surface area (Å²) in [6, 6.07) is 46.4. The van der Waals surface area contributed by atoms with Gasteiger partial charge in [-0.15, -0.1) is 0 Å². The first-order valence-electron chi connectivity index (χ1n) is 15.5. The molecule has 1 atom stereocenters. The van der Waals surface area contributed by atoms with E-state index in [1.54, 1.807) is 0 Å². The third kappa shape index (κ3) is 3.72. The number of fused-ring (bicyclic) bond motifs is 7. The van der Waals surface area contributed by atoms with Gasteiger partial charge in [-0.1, -0.05) is 134 Å². The van der Waals surface area contributed by atoms with E-state index in [2.05, 4.69) is 153 Å². The molecule has 0 amide bonds. The van der Waals surface area contributed by atoms with E-state index in [0.717, 1.165) is 28.4 Å². The summed E-state index contributed by atoms with van der Waals surface area (Å²) < 4.78 is 6.61. The zero-order chi connectivity index (χ0) is 29.2. The molecule has 208 valence electrons. The molecular formula is C43H30O. The molecule has 0 bridgehead atoms. The highest BCUT2D eigenvalue weighted by molar-refractivity contribution is 6.27. The van der Waals surface area contributed by atoms with Crippen molar-refractivity contribution in [1.82, 2.24) is 0 Å². The standard InChI is InChI=1S/C43H30O/c1-27-12-2-4-16-31(27)29-14-10-15-30(26-29)40-33-18-6-8-20-35(33)41(36-21-9-7-19-34(36)40)37-22-11-23-39-42(37)38-25-24-28-13-3-5-17-32(28)43(38)44-39/h2-11,13-27H,12H2,1H3. The van der Waals surface area contributed by atoms with Crippen molar-refractivity contribution in [2.45, 2.75) is 13.3 Å². The van der Waals surface area contributed by atoms with Crippen LogP contribution >= 0.6 is 0 Å². The van der Waals surface area contributed by atoms with Crippen molar-refractivity contribution in [1.29, 1.82) is 0 Å². The fourth-order valence-corrected chi connectivity index (χ4v) is 7.47. The number of rotatable bonds is 3. The smallest absolute Gasteiger partial charge is 0.143 e. The highest BCUT2D eigenvalue weighted by Gasteiger charge is 2.21. The predicted octanol–water partition coefficient (Wildman–Crippen LogP) is 12.4. The van der Waals surface area contributed by atoms with Crippen LogP contribution < -0.4 is 0 Å². The van der Waals surface area contributed by atoms with Gasteiger partial charge < -0.3 is 4.42 Å². The summed E-state index contributed by atoms with van der Waals surface area (Å²) >= 11 is 0. The Labute approximate surface area is 256 Å². The molecule has 7 aromatic carbocycles. The van der Waals surface area contributed by atoms with Crippen molar-refractivity contribution in [2.75, 3.05) is 0 Å². The van der Waals surface area contributed by atoms with Gasteiger partial charge in [0.25, 0.3) is 0 Å². The second kappa shape index (κ2) is 9.82. The van der Waals surface area contributed by atoms with Gasteiger partial charge in [0.05, 0.1) is 0 Å². The molecule has 1 aromatic heterocycles. The van der Waals surface area contributed by atoms with Crippen molar-refractivity contribution in [3.8, 4) is 22.3 Å². The van der Waals surface area contributed by atoms with Crippen LogP contribution in [-0.4, -0.2) is 0 Å². The molecule has 44 heavy (non-hydrogen) atoms. The average Bonchev–Trinajstić information content (AvgIpc) is 3.47. The second-order valence-corrected chi connectivity index (χ2v) is 12.1. The van der Waals surface area contributed by atoms with Crippen LogP contribution in [0.15, 0.2) is 150 Å². The van der Waals surface area contributed by atoms with Crippen molar-refractivity contribution in [2.24, 2.45) is 5.92 Å². The van der Waals surface area contributed by atoms with Gasteiger partial charge in [-0.05, 0) is 90.9 Å². The zero-order valence-electron chi connectivity index (χ0n) is 24.5. The first-order chi connectivity index (χ1) is 21.8. The van der Waals surface area contributed by atoms with Crippen LogP contribution in [0, 0.1) is 5.92 Å². The topological polar surface area (TPSA) is 13.1 Å². The maximum atomic E-state index is 6.61. The summed E-state index contributed by atoms with van der Waals surface area (Å²) in [4.78, 5) is 0. The van der Waals surface area contributed by atoms with E-state index in [1.807, 2.05) is 0 Å². The largest absolute Gasteiger partial charge is 0.455 e. The molecule has 9 rings (SSSR count). The number of allylic oxidation sites excluding steroid dienone is 4. The Balaban J connectivity index is 1.37. The number of benzene rings is 7. The van der Waals surface area contributed by atoms with E-state index in [0.29, 0.717) is 5.92 Å². The summed E-state index contributed by atoms with van der Waals surface area (Å²) in [5.41, 5.74) is 9.59. The van der Waals surface area contributed by atoms with Crippen LogP contribution in [0.5, 0.6) is 0 Å². The number of hydrogen-bond acceptors (Lipinski definition) is 1. The highest BCUT2D eigenvalue weighted by Crippen LogP contribution is 2.47. The van der Waals surface area contributed by atoms with Crippen molar-refractivity contribution >= 4 is 59.8 Å². The monoisotopic (exact) mass is 562 g/mol. The fourth-order valence-electron chi connectivity index (χ4n) is 7.47. The van der Waals surface area contributed by atoms with Crippen LogP contribution in [0.25, 0.3) is 82.1 Å². The minimum absolute atomic E-state index is 0.508. The van der Waals surface area contributed by atoms with E-state index >= 15 is 0 Å².